The zero-order chi connectivity index (χ0) is 14.7. The van der Waals surface area contributed by atoms with Crippen molar-refractivity contribution in [2.75, 3.05) is 0 Å². The summed E-state index contributed by atoms with van der Waals surface area (Å²) in [5.74, 6) is 0.516. The summed E-state index contributed by atoms with van der Waals surface area (Å²) >= 11 is 0. The van der Waals surface area contributed by atoms with Gasteiger partial charge in [0.05, 0.1) is 5.56 Å². The Morgan fingerprint density at radius 1 is 1.14 bits per heavy atom. The second-order valence-corrected chi connectivity index (χ2v) is 4.44. The van der Waals surface area contributed by atoms with E-state index in [1.54, 1.807) is 12.1 Å². The molecule has 2 N–H and O–H groups in total. The molecule has 0 aliphatic heterocycles. The van der Waals surface area contributed by atoms with Crippen molar-refractivity contribution in [1.82, 2.24) is 20.2 Å². The third-order valence-electron chi connectivity index (χ3n) is 3.08. The van der Waals surface area contributed by atoms with Crippen LogP contribution in [-0.4, -0.2) is 20.2 Å². The fourth-order valence-corrected chi connectivity index (χ4v) is 1.99. The molecule has 0 radical (unpaired) electrons. The third kappa shape index (κ3) is 2.50. The van der Waals surface area contributed by atoms with Gasteiger partial charge in [0.25, 0.3) is 0 Å². The van der Waals surface area contributed by atoms with Crippen LogP contribution in [0, 0.1) is 11.3 Å². The molecule has 0 amide bonds. The Hall–Kier alpha value is -3.04. The number of aromatic nitrogens is 4. The number of hydrogen-bond acceptors (Lipinski definition) is 5. The largest absolute Gasteiger partial charge is 0.326 e. The molecule has 3 aromatic rings. The minimum absolute atomic E-state index is 0.384. The van der Waals surface area contributed by atoms with Crippen molar-refractivity contribution < 1.29 is 0 Å². The summed E-state index contributed by atoms with van der Waals surface area (Å²) in [7, 11) is 0. The Balaban J connectivity index is 2.03. The average Bonchev–Trinajstić information content (AvgIpc) is 3.04. The van der Waals surface area contributed by atoms with Gasteiger partial charge < -0.3 is 5.73 Å². The first kappa shape index (κ1) is 13.0. The number of nitrogens with zero attached hydrogens (tertiary/aromatic N) is 5. The summed E-state index contributed by atoms with van der Waals surface area (Å²) in [5, 5.41) is 21.6. The second kappa shape index (κ2) is 5.53. The van der Waals surface area contributed by atoms with Gasteiger partial charge in [-0.2, -0.15) is 5.26 Å². The van der Waals surface area contributed by atoms with Gasteiger partial charge in [0, 0.05) is 12.1 Å². The first-order valence-corrected chi connectivity index (χ1v) is 6.40. The van der Waals surface area contributed by atoms with Crippen molar-refractivity contribution in [2.45, 2.75) is 6.54 Å². The van der Waals surface area contributed by atoms with Crippen LogP contribution in [0.25, 0.3) is 17.1 Å². The van der Waals surface area contributed by atoms with Gasteiger partial charge in [-0.1, -0.05) is 36.4 Å². The molecule has 0 unspecified atom stereocenters. The van der Waals surface area contributed by atoms with Gasteiger partial charge in [0.2, 0.25) is 5.82 Å². The molecule has 102 valence electrons. The van der Waals surface area contributed by atoms with E-state index in [-0.39, 0.29) is 0 Å². The highest BCUT2D eigenvalue weighted by molar-refractivity contribution is 5.54. The van der Waals surface area contributed by atoms with Crippen molar-refractivity contribution >= 4 is 0 Å². The summed E-state index contributed by atoms with van der Waals surface area (Å²) in [6.07, 6.45) is 0. The fraction of sp³-hybridized carbons (Fsp3) is 0.0667. The van der Waals surface area contributed by atoms with E-state index in [0.717, 1.165) is 11.1 Å². The lowest BCUT2D eigenvalue weighted by Gasteiger charge is -2.03. The highest BCUT2D eigenvalue weighted by Gasteiger charge is 2.11. The van der Waals surface area contributed by atoms with Crippen LogP contribution in [0.4, 0.5) is 0 Å². The summed E-state index contributed by atoms with van der Waals surface area (Å²) in [4.78, 5) is 1.36. The number of tetrazole rings is 1. The van der Waals surface area contributed by atoms with Crippen LogP contribution in [0.15, 0.2) is 48.5 Å². The summed E-state index contributed by atoms with van der Waals surface area (Å²) < 4.78 is 0. The number of hydrogen-bond donors (Lipinski definition) is 1. The highest BCUT2D eigenvalue weighted by atomic mass is 15.6. The maximum atomic E-state index is 9.24. The van der Waals surface area contributed by atoms with E-state index in [0.29, 0.717) is 23.6 Å². The van der Waals surface area contributed by atoms with Gasteiger partial charge in [-0.3, -0.25) is 0 Å². The monoisotopic (exact) mass is 276 g/mol. The molecular formula is C15H12N6. The number of benzene rings is 2. The van der Waals surface area contributed by atoms with E-state index in [9.17, 15) is 5.26 Å². The SMILES string of the molecule is N#Cc1cc(CN)ccc1-n1nnc(-c2ccccc2)n1. The van der Waals surface area contributed by atoms with Crippen molar-refractivity contribution in [3.8, 4) is 23.1 Å². The topological polar surface area (TPSA) is 93.4 Å². The van der Waals surface area contributed by atoms with Crippen LogP contribution in [0.1, 0.15) is 11.1 Å². The Morgan fingerprint density at radius 2 is 1.95 bits per heavy atom. The van der Waals surface area contributed by atoms with Gasteiger partial charge in [0.15, 0.2) is 0 Å². The van der Waals surface area contributed by atoms with Gasteiger partial charge in [-0.15, -0.1) is 15.0 Å². The summed E-state index contributed by atoms with van der Waals surface area (Å²) in [6, 6.07) is 17.1. The first-order chi connectivity index (χ1) is 10.3. The van der Waals surface area contributed by atoms with Crippen molar-refractivity contribution in [1.29, 1.82) is 5.26 Å². The molecule has 0 fully saturated rings. The lowest BCUT2D eigenvalue weighted by molar-refractivity contribution is 0.718. The molecule has 0 saturated carbocycles. The zero-order valence-electron chi connectivity index (χ0n) is 11.1. The van der Waals surface area contributed by atoms with Crippen molar-refractivity contribution in [2.24, 2.45) is 5.73 Å². The normalized spacial score (nSPS) is 10.3. The summed E-state index contributed by atoms with van der Waals surface area (Å²) in [5.41, 5.74) is 8.40. The molecule has 1 aromatic heterocycles. The number of nitriles is 1. The standard InChI is InChI=1S/C15H12N6/c16-9-11-6-7-14(13(8-11)10-17)21-19-15(18-20-21)12-4-2-1-3-5-12/h1-8H,9,16H2. The van der Waals surface area contributed by atoms with Gasteiger partial charge in [-0.25, -0.2) is 0 Å². The number of rotatable bonds is 3. The Bertz CT molecular complexity index is 801. The smallest absolute Gasteiger partial charge is 0.205 e. The van der Waals surface area contributed by atoms with E-state index in [2.05, 4.69) is 21.5 Å². The van der Waals surface area contributed by atoms with Crippen LogP contribution in [0.5, 0.6) is 0 Å². The lowest BCUT2D eigenvalue weighted by atomic mass is 10.1. The van der Waals surface area contributed by atoms with Crippen LogP contribution in [0.3, 0.4) is 0 Å². The second-order valence-electron chi connectivity index (χ2n) is 4.44. The Kier molecular flexibility index (Phi) is 3.41. The predicted octanol–water partition coefficient (Wildman–Crippen LogP) is 1.66. The van der Waals surface area contributed by atoms with Crippen LogP contribution < -0.4 is 5.73 Å². The molecule has 6 heteroatoms. The molecule has 0 aliphatic rings. The van der Waals surface area contributed by atoms with Gasteiger partial charge in [-0.05, 0) is 22.9 Å². The molecule has 21 heavy (non-hydrogen) atoms. The highest BCUT2D eigenvalue weighted by Crippen LogP contribution is 2.17. The Labute approximate surface area is 121 Å². The van der Waals surface area contributed by atoms with E-state index >= 15 is 0 Å². The minimum atomic E-state index is 0.384. The predicted molar refractivity (Wildman–Crippen MR) is 77.2 cm³/mol. The molecule has 6 nitrogen and oxygen atoms in total. The molecular weight excluding hydrogens is 264 g/mol. The molecule has 0 saturated heterocycles. The average molecular weight is 276 g/mol. The fourth-order valence-electron chi connectivity index (χ4n) is 1.99. The molecule has 2 aromatic carbocycles. The molecule has 0 aliphatic carbocycles. The summed E-state index contributed by atoms with van der Waals surface area (Å²) in [6.45, 7) is 0.384. The quantitative estimate of drug-likeness (QED) is 0.785. The van der Waals surface area contributed by atoms with Gasteiger partial charge >= 0.3 is 0 Å². The number of nitrogens with two attached hydrogens (primary N) is 1. The van der Waals surface area contributed by atoms with Crippen LogP contribution in [-0.2, 0) is 6.54 Å². The molecule has 0 bridgehead atoms. The van der Waals surface area contributed by atoms with Gasteiger partial charge in [0.1, 0.15) is 11.8 Å². The lowest BCUT2D eigenvalue weighted by Crippen LogP contribution is -2.04. The zero-order valence-corrected chi connectivity index (χ0v) is 11.1. The van der Waals surface area contributed by atoms with E-state index in [1.165, 1.54) is 4.80 Å². The van der Waals surface area contributed by atoms with E-state index in [4.69, 9.17) is 5.73 Å². The third-order valence-corrected chi connectivity index (χ3v) is 3.08. The van der Waals surface area contributed by atoms with Crippen molar-refractivity contribution in [3.05, 3.63) is 59.7 Å². The minimum Gasteiger partial charge on any atom is -0.326 e. The maximum absolute atomic E-state index is 9.24. The van der Waals surface area contributed by atoms with E-state index < -0.39 is 0 Å². The molecule has 0 atom stereocenters. The molecule has 3 rings (SSSR count). The Morgan fingerprint density at radius 3 is 2.67 bits per heavy atom. The molecule has 1 heterocycles. The van der Waals surface area contributed by atoms with Crippen molar-refractivity contribution in [3.63, 3.8) is 0 Å². The van der Waals surface area contributed by atoms with Crippen LogP contribution >= 0.6 is 0 Å². The van der Waals surface area contributed by atoms with Crippen LogP contribution in [0.2, 0.25) is 0 Å². The first-order valence-electron chi connectivity index (χ1n) is 6.40. The van der Waals surface area contributed by atoms with E-state index in [1.807, 2.05) is 36.4 Å². The molecule has 0 spiro atoms. The maximum Gasteiger partial charge on any atom is 0.205 e.